The van der Waals surface area contributed by atoms with Gasteiger partial charge in [0.1, 0.15) is 0 Å². The van der Waals surface area contributed by atoms with Gasteiger partial charge in [0.05, 0.1) is 17.4 Å². The number of aromatic nitrogens is 3. The molecule has 2 aromatic heterocycles. The Balaban J connectivity index is 2.77. The molecule has 3 nitrogen and oxygen atoms in total. The molecule has 0 aliphatic rings. The zero-order valence-electron chi connectivity index (χ0n) is 7.27. The van der Waals surface area contributed by atoms with Crippen molar-refractivity contribution < 1.29 is 0 Å². The predicted molar refractivity (Wildman–Crippen MR) is 54.9 cm³/mol. The zero-order chi connectivity index (χ0) is 9.26. The third-order valence-electron chi connectivity index (χ3n) is 1.77. The lowest BCUT2D eigenvalue weighted by molar-refractivity contribution is 0.793. The largest absolute Gasteiger partial charge is 0.223 e. The van der Waals surface area contributed by atoms with Crippen molar-refractivity contribution in [3.05, 3.63) is 30.6 Å². The summed E-state index contributed by atoms with van der Waals surface area (Å²) in [4.78, 5) is 4.36. The molecule has 0 radical (unpaired) electrons. The highest BCUT2D eigenvalue weighted by Gasteiger charge is 2.02. The summed E-state index contributed by atoms with van der Waals surface area (Å²) < 4.78 is 1.82. The summed E-state index contributed by atoms with van der Waals surface area (Å²) in [7, 11) is 0. The second-order valence-corrected chi connectivity index (χ2v) is 3.31. The van der Waals surface area contributed by atoms with Gasteiger partial charge in [-0.25, -0.2) is 9.50 Å². The van der Waals surface area contributed by atoms with Crippen LogP contribution in [0.5, 0.6) is 0 Å². The summed E-state index contributed by atoms with van der Waals surface area (Å²) in [5.74, 6) is 0. The summed E-state index contributed by atoms with van der Waals surface area (Å²) >= 11 is 1.57. The first-order valence-electron chi connectivity index (χ1n) is 3.86. The number of rotatable bonds is 2. The van der Waals surface area contributed by atoms with Gasteiger partial charge in [-0.15, -0.1) is 0 Å². The number of nitrogens with zero attached hydrogens (tertiary/aromatic N) is 3. The van der Waals surface area contributed by atoms with Crippen molar-refractivity contribution in [3.8, 4) is 0 Å². The van der Waals surface area contributed by atoms with E-state index in [2.05, 4.69) is 16.7 Å². The molecular formula is C9H9N3S. The Morgan fingerprint density at radius 3 is 3.15 bits per heavy atom. The Morgan fingerprint density at radius 1 is 1.62 bits per heavy atom. The van der Waals surface area contributed by atoms with Crippen LogP contribution in [0.4, 0.5) is 0 Å². The first-order chi connectivity index (χ1) is 6.35. The van der Waals surface area contributed by atoms with Crippen molar-refractivity contribution in [2.75, 3.05) is 6.26 Å². The van der Waals surface area contributed by atoms with Crippen molar-refractivity contribution in [2.45, 2.75) is 5.16 Å². The lowest BCUT2D eigenvalue weighted by Crippen LogP contribution is -1.96. The first kappa shape index (κ1) is 8.31. The highest BCUT2D eigenvalue weighted by molar-refractivity contribution is 7.98. The Kier molecular flexibility index (Phi) is 2.06. The third kappa shape index (κ3) is 1.33. The molecule has 0 aliphatic carbocycles. The molecule has 0 N–H and O–H groups in total. The summed E-state index contributed by atoms with van der Waals surface area (Å²) in [6.45, 7) is 3.70. The monoisotopic (exact) mass is 191 g/mol. The third-order valence-corrected chi connectivity index (χ3v) is 2.39. The number of hydrogen-bond acceptors (Lipinski definition) is 3. The van der Waals surface area contributed by atoms with E-state index in [4.69, 9.17) is 0 Å². The Labute approximate surface area is 80.5 Å². The molecule has 13 heavy (non-hydrogen) atoms. The van der Waals surface area contributed by atoms with Crippen LogP contribution >= 0.6 is 11.8 Å². The van der Waals surface area contributed by atoms with Gasteiger partial charge < -0.3 is 0 Å². The molecule has 2 rings (SSSR count). The molecule has 0 bridgehead atoms. The molecule has 2 aromatic rings. The normalized spacial score (nSPS) is 10.5. The summed E-state index contributed by atoms with van der Waals surface area (Å²) in [5, 5.41) is 5.05. The van der Waals surface area contributed by atoms with Gasteiger partial charge in [-0.2, -0.15) is 5.10 Å². The van der Waals surface area contributed by atoms with E-state index in [9.17, 15) is 0 Å². The molecule has 2 heterocycles. The van der Waals surface area contributed by atoms with Crippen molar-refractivity contribution >= 4 is 23.4 Å². The lowest BCUT2D eigenvalue weighted by Gasteiger charge is -2.01. The summed E-state index contributed by atoms with van der Waals surface area (Å²) in [6.07, 6.45) is 5.49. The van der Waals surface area contributed by atoms with E-state index in [0.717, 1.165) is 16.4 Å². The number of fused-ring (bicyclic) bond motifs is 1. The van der Waals surface area contributed by atoms with Crippen LogP contribution in [0.25, 0.3) is 11.6 Å². The predicted octanol–water partition coefficient (Wildman–Crippen LogP) is 2.09. The average Bonchev–Trinajstić information content (AvgIpc) is 2.63. The van der Waals surface area contributed by atoms with E-state index < -0.39 is 0 Å². The van der Waals surface area contributed by atoms with Crippen molar-refractivity contribution in [2.24, 2.45) is 0 Å². The fraction of sp³-hybridized carbons (Fsp3) is 0.111. The van der Waals surface area contributed by atoms with Gasteiger partial charge in [-0.05, 0) is 24.5 Å². The summed E-state index contributed by atoms with van der Waals surface area (Å²) in [5.41, 5.74) is 1.94. The lowest BCUT2D eigenvalue weighted by atomic mass is 10.3. The maximum atomic E-state index is 4.36. The van der Waals surface area contributed by atoms with Gasteiger partial charge in [0.15, 0.2) is 5.16 Å². The second-order valence-electron chi connectivity index (χ2n) is 2.54. The molecule has 4 heteroatoms. The van der Waals surface area contributed by atoms with Crippen LogP contribution < -0.4 is 0 Å². The second kappa shape index (κ2) is 3.22. The van der Waals surface area contributed by atoms with Crippen LogP contribution in [0, 0.1) is 0 Å². The van der Waals surface area contributed by atoms with Gasteiger partial charge in [0.2, 0.25) is 0 Å². The molecule has 0 fully saturated rings. The fourth-order valence-corrected chi connectivity index (χ4v) is 1.68. The maximum absolute atomic E-state index is 4.36. The highest BCUT2D eigenvalue weighted by atomic mass is 32.2. The van der Waals surface area contributed by atoms with Crippen LogP contribution in [0.1, 0.15) is 5.69 Å². The van der Waals surface area contributed by atoms with E-state index in [-0.39, 0.29) is 0 Å². The topological polar surface area (TPSA) is 30.2 Å². The van der Waals surface area contributed by atoms with Gasteiger partial charge in [0.25, 0.3) is 0 Å². The van der Waals surface area contributed by atoms with E-state index in [1.807, 2.05) is 22.9 Å². The zero-order valence-corrected chi connectivity index (χ0v) is 8.08. The van der Waals surface area contributed by atoms with E-state index in [1.165, 1.54) is 0 Å². The van der Waals surface area contributed by atoms with E-state index in [0.29, 0.717) is 0 Å². The van der Waals surface area contributed by atoms with Crippen molar-refractivity contribution in [1.82, 2.24) is 14.6 Å². The van der Waals surface area contributed by atoms with Crippen molar-refractivity contribution in [1.29, 1.82) is 0 Å². The molecule has 0 saturated carbocycles. The minimum atomic E-state index is 0.886. The minimum Gasteiger partial charge on any atom is -0.223 e. The van der Waals surface area contributed by atoms with Crippen LogP contribution in [-0.2, 0) is 0 Å². The van der Waals surface area contributed by atoms with Crippen LogP contribution in [0.2, 0.25) is 0 Å². The summed E-state index contributed by atoms with van der Waals surface area (Å²) in [6, 6.07) is 3.91. The van der Waals surface area contributed by atoms with Crippen molar-refractivity contribution in [3.63, 3.8) is 0 Å². The Hall–Kier alpha value is -1.29. The van der Waals surface area contributed by atoms with Crippen LogP contribution in [0.3, 0.4) is 0 Å². The number of hydrogen-bond donors (Lipinski definition) is 0. The molecule has 0 saturated heterocycles. The van der Waals surface area contributed by atoms with Gasteiger partial charge >= 0.3 is 0 Å². The molecule has 0 atom stereocenters. The van der Waals surface area contributed by atoms with Gasteiger partial charge in [-0.1, -0.05) is 18.3 Å². The maximum Gasteiger partial charge on any atom is 0.189 e. The SMILES string of the molecule is C=Cc1cc2ccnn2c(SC)n1. The van der Waals surface area contributed by atoms with Gasteiger partial charge in [0, 0.05) is 0 Å². The Bertz CT molecular complexity index is 447. The van der Waals surface area contributed by atoms with Crippen LogP contribution in [-0.4, -0.2) is 20.9 Å². The quantitative estimate of drug-likeness (QED) is 0.538. The molecule has 0 aromatic carbocycles. The molecule has 66 valence electrons. The van der Waals surface area contributed by atoms with Gasteiger partial charge in [-0.3, -0.25) is 0 Å². The first-order valence-corrected chi connectivity index (χ1v) is 5.09. The standard InChI is InChI=1S/C9H9N3S/c1-3-7-6-8-4-5-10-12(8)9(11-7)13-2/h3-6H,1H2,2H3. The molecule has 0 spiro atoms. The molecular weight excluding hydrogens is 182 g/mol. The smallest absolute Gasteiger partial charge is 0.189 e. The molecule has 0 unspecified atom stereocenters. The van der Waals surface area contributed by atoms with Crippen LogP contribution in [0.15, 0.2) is 30.1 Å². The highest BCUT2D eigenvalue weighted by Crippen LogP contribution is 2.15. The van der Waals surface area contributed by atoms with E-state index in [1.54, 1.807) is 24.0 Å². The Morgan fingerprint density at radius 2 is 2.46 bits per heavy atom. The average molecular weight is 191 g/mol. The number of thioether (sulfide) groups is 1. The minimum absolute atomic E-state index is 0.886. The molecule has 0 amide bonds. The van der Waals surface area contributed by atoms with E-state index >= 15 is 0 Å². The molecule has 0 aliphatic heterocycles. The fourth-order valence-electron chi connectivity index (χ4n) is 1.16.